The van der Waals surface area contributed by atoms with E-state index in [1.807, 2.05) is 6.07 Å². The summed E-state index contributed by atoms with van der Waals surface area (Å²) in [5, 5.41) is 23.2. The van der Waals surface area contributed by atoms with Gasteiger partial charge in [0.1, 0.15) is 5.69 Å². The minimum absolute atomic E-state index is 0.0534. The fraction of sp³-hybridized carbons (Fsp3) is 0.667. The highest BCUT2D eigenvalue weighted by molar-refractivity contribution is 5.99. The first-order chi connectivity index (χ1) is 12.4. The molecule has 4 saturated carbocycles. The molecule has 2 aromatic rings. The summed E-state index contributed by atoms with van der Waals surface area (Å²) in [5.74, 6) is 2.43. The van der Waals surface area contributed by atoms with Gasteiger partial charge in [-0.2, -0.15) is 0 Å². The van der Waals surface area contributed by atoms with Crippen molar-refractivity contribution in [1.82, 2.24) is 10.3 Å². The highest BCUT2D eigenvalue weighted by atomic mass is 16.6. The Hall–Kier alpha value is -2.38. The SMILES string of the molecule is CN(C)c1cc(NC23CC4CC(CC(C4)C2)C3)c2nonc2c1[N+](=O)[O-]. The third kappa shape index (κ3) is 2.27. The summed E-state index contributed by atoms with van der Waals surface area (Å²) in [6.07, 6.45) is 7.64. The molecule has 0 atom stereocenters. The molecular formula is C18H23N5O3. The number of hydrogen-bond donors (Lipinski definition) is 1. The molecule has 4 aliphatic rings. The number of benzene rings is 1. The van der Waals surface area contributed by atoms with Crippen molar-refractivity contribution in [2.75, 3.05) is 24.3 Å². The third-order valence-electron chi connectivity index (χ3n) is 6.59. The minimum Gasteiger partial charge on any atom is -0.378 e. The smallest absolute Gasteiger partial charge is 0.323 e. The first-order valence-electron chi connectivity index (χ1n) is 9.33. The zero-order valence-electron chi connectivity index (χ0n) is 15.1. The summed E-state index contributed by atoms with van der Waals surface area (Å²) in [6, 6.07) is 1.84. The second-order valence-corrected chi connectivity index (χ2v) is 8.73. The average Bonchev–Trinajstić information content (AvgIpc) is 3.02. The van der Waals surface area contributed by atoms with E-state index in [0.717, 1.165) is 23.4 Å². The third-order valence-corrected chi connectivity index (χ3v) is 6.59. The topological polar surface area (TPSA) is 97.3 Å². The predicted molar refractivity (Wildman–Crippen MR) is 97.3 cm³/mol. The van der Waals surface area contributed by atoms with E-state index >= 15 is 0 Å². The van der Waals surface area contributed by atoms with Gasteiger partial charge in [0.05, 0.1) is 10.6 Å². The Morgan fingerprint density at radius 2 is 1.73 bits per heavy atom. The molecule has 4 bridgehead atoms. The van der Waals surface area contributed by atoms with E-state index in [4.69, 9.17) is 4.63 Å². The number of rotatable bonds is 4. The van der Waals surface area contributed by atoms with E-state index < -0.39 is 4.92 Å². The largest absolute Gasteiger partial charge is 0.378 e. The molecule has 1 aromatic heterocycles. The molecule has 6 rings (SSSR count). The summed E-state index contributed by atoms with van der Waals surface area (Å²) in [7, 11) is 3.60. The van der Waals surface area contributed by atoms with E-state index in [-0.39, 0.29) is 16.7 Å². The first kappa shape index (κ1) is 15.8. The van der Waals surface area contributed by atoms with Gasteiger partial charge in [-0.15, -0.1) is 0 Å². The van der Waals surface area contributed by atoms with Crippen molar-refractivity contribution in [3.8, 4) is 0 Å². The molecular weight excluding hydrogens is 334 g/mol. The lowest BCUT2D eigenvalue weighted by Crippen LogP contribution is -2.54. The maximum absolute atomic E-state index is 11.6. The number of aromatic nitrogens is 2. The summed E-state index contributed by atoms with van der Waals surface area (Å²) in [5.41, 5.74) is 2.03. The predicted octanol–water partition coefficient (Wildman–Crippen LogP) is 3.58. The Balaban J connectivity index is 1.60. The minimum atomic E-state index is -0.406. The van der Waals surface area contributed by atoms with Gasteiger partial charge in [0.25, 0.3) is 0 Å². The summed E-state index contributed by atoms with van der Waals surface area (Å²) >= 11 is 0. The van der Waals surface area contributed by atoms with Crippen molar-refractivity contribution in [3.63, 3.8) is 0 Å². The molecule has 8 nitrogen and oxygen atoms in total. The van der Waals surface area contributed by atoms with Crippen molar-refractivity contribution in [2.45, 2.75) is 44.1 Å². The standard InChI is InChI=1S/C18H23N5O3/c1-22(2)14-6-13(15-16(21-26-20-15)17(14)23(24)25)19-18-7-10-3-11(8-18)5-12(4-10)9-18/h6,10-12,19H,3-5,7-9H2,1-2H3. The van der Waals surface area contributed by atoms with Crippen LogP contribution in [0.1, 0.15) is 38.5 Å². The molecule has 4 fully saturated rings. The van der Waals surface area contributed by atoms with Gasteiger partial charge in [-0.1, -0.05) is 0 Å². The Morgan fingerprint density at radius 1 is 1.15 bits per heavy atom. The van der Waals surface area contributed by atoms with Gasteiger partial charge in [0.15, 0.2) is 5.52 Å². The number of hydrogen-bond acceptors (Lipinski definition) is 7. The molecule has 0 aliphatic heterocycles. The molecule has 0 spiro atoms. The lowest BCUT2D eigenvalue weighted by Gasteiger charge is -2.57. The Labute approximate surface area is 151 Å². The van der Waals surface area contributed by atoms with Crippen molar-refractivity contribution in [3.05, 3.63) is 16.2 Å². The Morgan fingerprint density at radius 3 is 2.27 bits per heavy atom. The number of fused-ring (bicyclic) bond motifs is 1. The zero-order chi connectivity index (χ0) is 18.1. The van der Waals surface area contributed by atoms with Crippen LogP contribution in [0.3, 0.4) is 0 Å². The highest BCUT2D eigenvalue weighted by Gasteiger charge is 2.51. The summed E-state index contributed by atoms with van der Waals surface area (Å²) in [4.78, 5) is 12.9. The molecule has 0 unspecified atom stereocenters. The maximum atomic E-state index is 11.6. The normalized spacial score (nSPS) is 32.2. The van der Waals surface area contributed by atoms with Gasteiger partial charge in [-0.05, 0) is 72.7 Å². The fourth-order valence-electron chi connectivity index (χ4n) is 6.08. The van der Waals surface area contributed by atoms with Crippen LogP contribution < -0.4 is 10.2 Å². The van der Waals surface area contributed by atoms with E-state index in [2.05, 4.69) is 15.6 Å². The molecule has 0 saturated heterocycles. The lowest BCUT2D eigenvalue weighted by atomic mass is 9.53. The number of nitro groups is 1. The molecule has 1 N–H and O–H groups in total. The quantitative estimate of drug-likeness (QED) is 0.660. The van der Waals surface area contributed by atoms with Gasteiger partial charge >= 0.3 is 5.69 Å². The maximum Gasteiger partial charge on any atom is 0.323 e. The first-order valence-corrected chi connectivity index (χ1v) is 9.33. The molecule has 1 aromatic carbocycles. The summed E-state index contributed by atoms with van der Waals surface area (Å²) < 4.78 is 4.89. The van der Waals surface area contributed by atoms with Crippen LogP contribution in [0.15, 0.2) is 10.7 Å². The van der Waals surface area contributed by atoms with Gasteiger partial charge in [-0.25, -0.2) is 4.63 Å². The van der Waals surface area contributed by atoms with Crippen LogP contribution in [0.5, 0.6) is 0 Å². The van der Waals surface area contributed by atoms with Crippen molar-refractivity contribution in [2.24, 2.45) is 17.8 Å². The van der Waals surface area contributed by atoms with E-state index in [0.29, 0.717) is 11.2 Å². The Kier molecular flexibility index (Phi) is 3.24. The molecule has 8 heteroatoms. The van der Waals surface area contributed by atoms with Crippen LogP contribution in [-0.4, -0.2) is 34.9 Å². The lowest BCUT2D eigenvalue weighted by molar-refractivity contribution is -0.382. The number of nitrogens with zero attached hydrogens (tertiary/aromatic N) is 4. The molecule has 0 radical (unpaired) electrons. The van der Waals surface area contributed by atoms with Gasteiger partial charge in [0, 0.05) is 19.6 Å². The van der Waals surface area contributed by atoms with Crippen LogP contribution in [0, 0.1) is 27.9 Å². The average molecular weight is 357 g/mol. The van der Waals surface area contributed by atoms with Gasteiger partial charge in [-0.3, -0.25) is 10.1 Å². The zero-order valence-corrected chi connectivity index (χ0v) is 15.1. The van der Waals surface area contributed by atoms with Crippen LogP contribution in [0.25, 0.3) is 11.0 Å². The molecule has 138 valence electrons. The van der Waals surface area contributed by atoms with Crippen LogP contribution in [0.4, 0.5) is 17.1 Å². The Bertz CT molecular complexity index is 855. The van der Waals surface area contributed by atoms with Crippen LogP contribution >= 0.6 is 0 Å². The molecule has 4 aliphatic carbocycles. The second kappa shape index (κ2) is 5.31. The van der Waals surface area contributed by atoms with Crippen molar-refractivity contribution in [1.29, 1.82) is 0 Å². The number of nitro benzene ring substituents is 1. The highest BCUT2D eigenvalue weighted by Crippen LogP contribution is 2.57. The van der Waals surface area contributed by atoms with Crippen molar-refractivity contribution < 1.29 is 9.55 Å². The monoisotopic (exact) mass is 357 g/mol. The van der Waals surface area contributed by atoms with Crippen LogP contribution in [-0.2, 0) is 0 Å². The van der Waals surface area contributed by atoms with E-state index in [9.17, 15) is 10.1 Å². The molecule has 1 heterocycles. The second-order valence-electron chi connectivity index (χ2n) is 8.73. The van der Waals surface area contributed by atoms with Crippen LogP contribution in [0.2, 0.25) is 0 Å². The molecule has 0 amide bonds. The van der Waals surface area contributed by atoms with Gasteiger partial charge in [0.2, 0.25) is 5.52 Å². The van der Waals surface area contributed by atoms with E-state index in [1.54, 1.807) is 19.0 Å². The van der Waals surface area contributed by atoms with E-state index in [1.165, 1.54) is 38.5 Å². The molecule has 26 heavy (non-hydrogen) atoms. The van der Waals surface area contributed by atoms with Gasteiger partial charge < -0.3 is 10.2 Å². The van der Waals surface area contributed by atoms with Crippen molar-refractivity contribution >= 4 is 28.1 Å². The number of anilines is 2. The summed E-state index contributed by atoms with van der Waals surface area (Å²) in [6.45, 7) is 0. The number of nitrogens with one attached hydrogen (secondary N) is 1. The fourth-order valence-corrected chi connectivity index (χ4v) is 6.08.